The quantitative estimate of drug-likeness (QED) is 0.926. The standard InChI is InChI=1S/C15H19FN2S/c1-4-15(17,12-7-5-6-8-13(12)16)9-14-18-10(2)11(3)19-14/h5-8H,4,9,17H2,1-3H3. The van der Waals surface area contributed by atoms with Crippen LogP contribution >= 0.6 is 11.3 Å². The van der Waals surface area contributed by atoms with Gasteiger partial charge in [-0.3, -0.25) is 0 Å². The van der Waals surface area contributed by atoms with E-state index in [4.69, 9.17) is 5.73 Å². The zero-order chi connectivity index (χ0) is 14.0. The smallest absolute Gasteiger partial charge is 0.128 e. The molecule has 0 spiro atoms. The molecule has 1 aromatic carbocycles. The van der Waals surface area contributed by atoms with Gasteiger partial charge in [-0.25, -0.2) is 9.37 Å². The van der Waals surface area contributed by atoms with Crippen LogP contribution in [-0.2, 0) is 12.0 Å². The van der Waals surface area contributed by atoms with Gasteiger partial charge in [0.1, 0.15) is 5.82 Å². The highest BCUT2D eigenvalue weighted by Crippen LogP contribution is 2.30. The average molecular weight is 278 g/mol. The first kappa shape index (κ1) is 14.2. The van der Waals surface area contributed by atoms with Crippen LogP contribution in [0.2, 0.25) is 0 Å². The third-order valence-electron chi connectivity index (χ3n) is 3.58. The summed E-state index contributed by atoms with van der Waals surface area (Å²) in [4.78, 5) is 5.71. The van der Waals surface area contributed by atoms with Gasteiger partial charge in [-0.1, -0.05) is 25.1 Å². The first-order valence-electron chi connectivity index (χ1n) is 6.43. The molecular weight excluding hydrogens is 259 g/mol. The molecule has 0 aliphatic heterocycles. The fourth-order valence-electron chi connectivity index (χ4n) is 2.16. The van der Waals surface area contributed by atoms with E-state index in [2.05, 4.69) is 4.98 Å². The van der Waals surface area contributed by atoms with Gasteiger partial charge in [-0.05, 0) is 26.3 Å². The molecule has 2 N–H and O–H groups in total. The van der Waals surface area contributed by atoms with Crippen LogP contribution in [0, 0.1) is 19.7 Å². The third kappa shape index (κ3) is 2.85. The van der Waals surface area contributed by atoms with E-state index in [0.29, 0.717) is 18.4 Å². The lowest BCUT2D eigenvalue weighted by Gasteiger charge is -2.28. The van der Waals surface area contributed by atoms with Gasteiger partial charge < -0.3 is 5.73 Å². The van der Waals surface area contributed by atoms with Crippen LogP contribution in [0.5, 0.6) is 0 Å². The zero-order valence-corrected chi connectivity index (χ0v) is 12.4. The normalized spacial score (nSPS) is 14.4. The molecule has 2 nitrogen and oxygen atoms in total. The lowest BCUT2D eigenvalue weighted by Crippen LogP contribution is -2.39. The highest BCUT2D eigenvalue weighted by Gasteiger charge is 2.29. The Morgan fingerprint density at radius 3 is 2.53 bits per heavy atom. The number of hydrogen-bond acceptors (Lipinski definition) is 3. The third-order valence-corrected chi connectivity index (χ3v) is 4.65. The van der Waals surface area contributed by atoms with E-state index >= 15 is 0 Å². The lowest BCUT2D eigenvalue weighted by atomic mass is 9.85. The molecule has 102 valence electrons. The molecule has 4 heteroatoms. The van der Waals surface area contributed by atoms with E-state index in [9.17, 15) is 4.39 Å². The molecule has 1 heterocycles. The van der Waals surface area contributed by atoms with Gasteiger partial charge in [-0.15, -0.1) is 11.3 Å². The Hall–Kier alpha value is -1.26. The van der Waals surface area contributed by atoms with Crippen molar-refractivity contribution in [2.45, 2.75) is 39.2 Å². The largest absolute Gasteiger partial charge is 0.321 e. The Morgan fingerprint density at radius 2 is 2.00 bits per heavy atom. The summed E-state index contributed by atoms with van der Waals surface area (Å²) in [6.45, 7) is 6.02. The Balaban J connectivity index is 2.35. The molecule has 0 amide bonds. The predicted octanol–water partition coefficient (Wildman–Crippen LogP) is 3.71. The second kappa shape index (κ2) is 5.39. The minimum atomic E-state index is -0.692. The minimum absolute atomic E-state index is 0.239. The van der Waals surface area contributed by atoms with Crippen molar-refractivity contribution in [1.29, 1.82) is 0 Å². The summed E-state index contributed by atoms with van der Waals surface area (Å²) in [6.07, 6.45) is 1.25. The summed E-state index contributed by atoms with van der Waals surface area (Å²) in [6, 6.07) is 6.75. The number of thiazole rings is 1. The topological polar surface area (TPSA) is 38.9 Å². The van der Waals surface area contributed by atoms with Crippen LogP contribution in [0.25, 0.3) is 0 Å². The number of aryl methyl sites for hydroxylation is 2. The lowest BCUT2D eigenvalue weighted by molar-refractivity contribution is 0.402. The maximum atomic E-state index is 14.0. The number of aromatic nitrogens is 1. The summed E-state index contributed by atoms with van der Waals surface area (Å²) in [5.41, 5.74) is 7.35. The molecule has 0 fully saturated rings. The number of rotatable bonds is 4. The molecule has 1 atom stereocenters. The summed E-state index contributed by atoms with van der Waals surface area (Å²) in [5, 5.41) is 0.975. The first-order valence-corrected chi connectivity index (χ1v) is 7.24. The molecule has 19 heavy (non-hydrogen) atoms. The molecule has 0 saturated heterocycles. The predicted molar refractivity (Wildman–Crippen MR) is 77.8 cm³/mol. The summed E-state index contributed by atoms with van der Waals surface area (Å²) < 4.78 is 14.0. The second-order valence-electron chi connectivity index (χ2n) is 4.92. The number of halogens is 1. The zero-order valence-electron chi connectivity index (χ0n) is 11.5. The van der Waals surface area contributed by atoms with Gasteiger partial charge in [0.05, 0.1) is 10.7 Å². The highest BCUT2D eigenvalue weighted by molar-refractivity contribution is 7.11. The maximum absolute atomic E-state index is 14.0. The number of hydrogen-bond donors (Lipinski definition) is 1. The van der Waals surface area contributed by atoms with Gasteiger partial charge in [0.25, 0.3) is 0 Å². The minimum Gasteiger partial charge on any atom is -0.321 e. The highest BCUT2D eigenvalue weighted by atomic mass is 32.1. The first-order chi connectivity index (χ1) is 8.96. The van der Waals surface area contributed by atoms with Crippen molar-refractivity contribution in [2.75, 3.05) is 0 Å². The molecule has 1 unspecified atom stereocenters. The molecule has 0 aliphatic carbocycles. The van der Waals surface area contributed by atoms with Crippen molar-refractivity contribution in [1.82, 2.24) is 4.98 Å². The molecule has 0 saturated carbocycles. The van der Waals surface area contributed by atoms with Crippen molar-refractivity contribution in [2.24, 2.45) is 5.73 Å². The van der Waals surface area contributed by atoms with E-state index < -0.39 is 5.54 Å². The Kier molecular flexibility index (Phi) is 4.02. The van der Waals surface area contributed by atoms with Gasteiger partial charge in [0.2, 0.25) is 0 Å². The summed E-state index contributed by atoms with van der Waals surface area (Å²) >= 11 is 1.64. The Labute approximate surface area is 117 Å². The molecule has 2 aromatic rings. The molecule has 0 aliphatic rings. The number of nitrogens with two attached hydrogens (primary N) is 1. The fraction of sp³-hybridized carbons (Fsp3) is 0.400. The van der Waals surface area contributed by atoms with Crippen LogP contribution in [0.4, 0.5) is 4.39 Å². The van der Waals surface area contributed by atoms with Gasteiger partial charge >= 0.3 is 0 Å². The van der Waals surface area contributed by atoms with Gasteiger partial charge in [0, 0.05) is 22.4 Å². The SMILES string of the molecule is CCC(N)(Cc1nc(C)c(C)s1)c1ccccc1F. The van der Waals surface area contributed by atoms with E-state index in [1.165, 1.54) is 10.9 Å². The second-order valence-corrected chi connectivity index (χ2v) is 6.20. The molecule has 0 radical (unpaired) electrons. The average Bonchev–Trinajstić information content (AvgIpc) is 2.68. The van der Waals surface area contributed by atoms with E-state index in [1.807, 2.05) is 26.8 Å². The number of benzene rings is 1. The van der Waals surface area contributed by atoms with Crippen LogP contribution in [0.15, 0.2) is 24.3 Å². The van der Waals surface area contributed by atoms with E-state index in [0.717, 1.165) is 10.7 Å². The molecule has 2 rings (SSSR count). The number of nitrogens with zero attached hydrogens (tertiary/aromatic N) is 1. The van der Waals surface area contributed by atoms with Crippen LogP contribution in [-0.4, -0.2) is 4.98 Å². The van der Waals surface area contributed by atoms with Crippen molar-refractivity contribution in [3.63, 3.8) is 0 Å². The van der Waals surface area contributed by atoms with E-state index in [-0.39, 0.29) is 5.82 Å². The van der Waals surface area contributed by atoms with Crippen molar-refractivity contribution >= 4 is 11.3 Å². The molecular formula is C15H19FN2S. The Bertz CT molecular complexity index is 560. The van der Waals surface area contributed by atoms with Crippen LogP contribution in [0.3, 0.4) is 0 Å². The van der Waals surface area contributed by atoms with Crippen LogP contribution < -0.4 is 5.73 Å². The van der Waals surface area contributed by atoms with Gasteiger partial charge in [-0.2, -0.15) is 0 Å². The van der Waals surface area contributed by atoms with Crippen molar-refractivity contribution < 1.29 is 4.39 Å². The monoisotopic (exact) mass is 278 g/mol. The van der Waals surface area contributed by atoms with E-state index in [1.54, 1.807) is 23.5 Å². The molecule has 1 aromatic heterocycles. The molecule has 0 bridgehead atoms. The van der Waals surface area contributed by atoms with Gasteiger partial charge in [0.15, 0.2) is 0 Å². The summed E-state index contributed by atoms with van der Waals surface area (Å²) in [7, 11) is 0. The Morgan fingerprint density at radius 1 is 1.32 bits per heavy atom. The summed E-state index contributed by atoms with van der Waals surface area (Å²) in [5.74, 6) is -0.239. The maximum Gasteiger partial charge on any atom is 0.128 e. The van der Waals surface area contributed by atoms with Crippen molar-refractivity contribution in [3.05, 3.63) is 51.2 Å². The van der Waals surface area contributed by atoms with Crippen molar-refractivity contribution in [3.8, 4) is 0 Å². The van der Waals surface area contributed by atoms with Crippen LogP contribution in [0.1, 0.15) is 34.5 Å². The fourth-order valence-corrected chi connectivity index (χ4v) is 3.22.